The maximum Gasteiger partial charge on any atom is 0.136 e. The maximum atomic E-state index is 6.25. The van der Waals surface area contributed by atoms with Crippen LogP contribution in [-0.4, -0.2) is 8.97 Å². The second-order valence-corrected chi connectivity index (χ2v) is 13.7. The number of para-hydroxylation sites is 3. The van der Waals surface area contributed by atoms with Crippen molar-refractivity contribution in [3.63, 3.8) is 0 Å². The monoisotopic (exact) mass is 648 g/mol. The van der Waals surface area contributed by atoms with Gasteiger partial charge in [0.05, 0.1) is 27.6 Å². The Hall–Kier alpha value is -6.84. The van der Waals surface area contributed by atoms with E-state index in [9.17, 15) is 0 Å². The fraction of sp³-hybridized carbons (Fsp3) is 0. The third-order valence-electron chi connectivity index (χ3n) is 11.0. The van der Waals surface area contributed by atoms with Crippen LogP contribution in [0.2, 0.25) is 0 Å². The van der Waals surface area contributed by atoms with E-state index in [-0.39, 0.29) is 0 Å². The van der Waals surface area contributed by atoms with Crippen molar-refractivity contribution < 1.29 is 4.42 Å². The second kappa shape index (κ2) is 9.87. The Labute approximate surface area is 292 Å². The average Bonchev–Trinajstić information content (AvgIpc) is 3.83. The highest BCUT2D eigenvalue weighted by Crippen LogP contribution is 2.46. The minimum absolute atomic E-state index is 0.913. The first-order valence-corrected chi connectivity index (χ1v) is 17.5. The van der Waals surface area contributed by atoms with E-state index < -0.39 is 0 Å². The van der Waals surface area contributed by atoms with Crippen molar-refractivity contribution in [1.29, 1.82) is 0 Å². The van der Waals surface area contributed by atoms with E-state index in [0.29, 0.717) is 0 Å². The minimum Gasteiger partial charge on any atom is -0.456 e. The van der Waals surface area contributed by atoms with E-state index in [1.807, 2.05) is 12.1 Å². The third kappa shape index (κ3) is 3.57. The van der Waals surface area contributed by atoms with Gasteiger partial charge in [0.15, 0.2) is 0 Å². The molecule has 0 spiro atoms. The Morgan fingerprint density at radius 1 is 0.353 bits per heavy atom. The smallest absolute Gasteiger partial charge is 0.136 e. The molecule has 3 nitrogen and oxygen atoms in total. The maximum absolute atomic E-state index is 6.25. The number of hydrogen-bond acceptors (Lipinski definition) is 1. The zero-order valence-electron chi connectivity index (χ0n) is 27.5. The molecule has 0 atom stereocenters. The van der Waals surface area contributed by atoms with Gasteiger partial charge in [-0.3, -0.25) is 0 Å². The number of fused-ring (bicyclic) bond motifs is 9. The first-order valence-electron chi connectivity index (χ1n) is 17.5. The Morgan fingerprint density at radius 3 is 1.96 bits per heavy atom. The van der Waals surface area contributed by atoms with Gasteiger partial charge in [0.1, 0.15) is 11.2 Å². The highest BCUT2D eigenvalue weighted by Gasteiger charge is 2.23. The largest absolute Gasteiger partial charge is 0.456 e. The Morgan fingerprint density at radius 2 is 1.02 bits per heavy atom. The molecule has 0 N–H and O–H groups in total. The lowest BCUT2D eigenvalue weighted by atomic mass is 9.95. The molecule has 0 fully saturated rings. The van der Waals surface area contributed by atoms with Crippen LogP contribution >= 0.6 is 0 Å². The van der Waals surface area contributed by atoms with E-state index in [1.54, 1.807) is 0 Å². The number of nitrogens with zero attached hydrogens (tertiary/aromatic N) is 2. The van der Waals surface area contributed by atoms with E-state index in [1.165, 1.54) is 87.8 Å². The van der Waals surface area contributed by atoms with Gasteiger partial charge in [0.25, 0.3) is 0 Å². The van der Waals surface area contributed by atoms with Gasteiger partial charge in [-0.25, -0.2) is 0 Å². The van der Waals surface area contributed by atoms with Gasteiger partial charge in [-0.15, -0.1) is 0 Å². The van der Waals surface area contributed by atoms with Crippen LogP contribution in [0.25, 0.3) is 110 Å². The molecule has 0 saturated heterocycles. The highest BCUT2D eigenvalue weighted by atomic mass is 16.3. The molecule has 12 aromatic rings. The third-order valence-corrected chi connectivity index (χ3v) is 11.0. The summed E-state index contributed by atoms with van der Waals surface area (Å²) in [7, 11) is 0. The molecule has 3 heteroatoms. The van der Waals surface area contributed by atoms with Gasteiger partial charge < -0.3 is 13.4 Å². The van der Waals surface area contributed by atoms with E-state index in [4.69, 9.17) is 4.42 Å². The molecule has 0 amide bonds. The Kier molecular flexibility index (Phi) is 5.23. The summed E-state index contributed by atoms with van der Waals surface area (Å²) in [5.74, 6) is 0. The van der Waals surface area contributed by atoms with Crippen molar-refractivity contribution in [2.75, 3.05) is 0 Å². The quantitative estimate of drug-likeness (QED) is 0.187. The summed E-state index contributed by atoms with van der Waals surface area (Å²) in [5, 5.41) is 9.96. The van der Waals surface area contributed by atoms with Gasteiger partial charge in [0, 0.05) is 43.4 Å². The lowest BCUT2D eigenvalue weighted by molar-refractivity contribution is 0.669. The molecule has 0 radical (unpaired) electrons. The summed E-state index contributed by atoms with van der Waals surface area (Å²) in [5.41, 5.74) is 13.9. The van der Waals surface area contributed by atoms with Crippen LogP contribution in [0, 0.1) is 0 Å². The van der Waals surface area contributed by atoms with Crippen LogP contribution in [0.1, 0.15) is 0 Å². The van der Waals surface area contributed by atoms with E-state index >= 15 is 0 Å². The fourth-order valence-corrected chi connectivity index (χ4v) is 8.94. The molecular weight excluding hydrogens is 621 g/mol. The molecule has 0 aliphatic heterocycles. The van der Waals surface area contributed by atoms with Gasteiger partial charge in [0.2, 0.25) is 0 Å². The molecule has 51 heavy (non-hydrogen) atoms. The second-order valence-electron chi connectivity index (χ2n) is 13.7. The lowest BCUT2D eigenvalue weighted by Gasteiger charge is -2.10. The zero-order valence-corrected chi connectivity index (χ0v) is 27.5. The first-order chi connectivity index (χ1) is 25.3. The van der Waals surface area contributed by atoms with Crippen LogP contribution in [-0.2, 0) is 0 Å². The lowest BCUT2D eigenvalue weighted by Crippen LogP contribution is -1.93. The summed E-state index contributed by atoms with van der Waals surface area (Å²) in [6, 6.07) is 61.8. The van der Waals surface area contributed by atoms with Gasteiger partial charge in [-0.2, -0.15) is 0 Å². The van der Waals surface area contributed by atoms with Gasteiger partial charge in [-0.1, -0.05) is 109 Å². The summed E-state index contributed by atoms with van der Waals surface area (Å²) >= 11 is 0. The molecule has 0 bridgehead atoms. The Balaban J connectivity index is 1.19. The number of furan rings is 1. The van der Waals surface area contributed by atoms with Crippen LogP contribution in [0.3, 0.4) is 0 Å². The van der Waals surface area contributed by atoms with Crippen molar-refractivity contribution in [3.8, 4) is 27.9 Å². The zero-order chi connectivity index (χ0) is 33.2. The minimum atomic E-state index is 0.913. The standard InChI is InChI=1S/C48H28N2O/c1-2-13-32(14-3-1)49-41-20-9-18-35-38-28-30(29-11-8-12-31(27-29)33-17-10-22-44-45(33)37-16-5-7-21-43(37)51-44)23-25-40(38)50-39-19-6-4-15-34(39)36-24-26-42(49)47(46(35)41)48(36)50/h1-28H. The number of hydrogen-bond donors (Lipinski definition) is 0. The van der Waals surface area contributed by atoms with Crippen LogP contribution in [0.4, 0.5) is 0 Å². The van der Waals surface area contributed by atoms with E-state index in [2.05, 4.69) is 167 Å². The van der Waals surface area contributed by atoms with Crippen molar-refractivity contribution in [3.05, 3.63) is 170 Å². The van der Waals surface area contributed by atoms with Crippen molar-refractivity contribution in [2.45, 2.75) is 0 Å². The first kappa shape index (κ1) is 27.0. The van der Waals surface area contributed by atoms with Crippen LogP contribution < -0.4 is 0 Å². The Bertz CT molecular complexity index is 3360. The molecule has 0 saturated carbocycles. The predicted molar refractivity (Wildman–Crippen MR) is 214 cm³/mol. The molecule has 12 rings (SSSR count). The van der Waals surface area contributed by atoms with Crippen molar-refractivity contribution in [2.24, 2.45) is 0 Å². The summed E-state index contributed by atoms with van der Waals surface area (Å²) < 4.78 is 11.2. The topological polar surface area (TPSA) is 22.5 Å². The summed E-state index contributed by atoms with van der Waals surface area (Å²) in [6.45, 7) is 0. The molecule has 4 heterocycles. The molecule has 8 aromatic carbocycles. The van der Waals surface area contributed by atoms with Crippen LogP contribution in [0.5, 0.6) is 0 Å². The molecule has 0 aliphatic carbocycles. The van der Waals surface area contributed by atoms with Gasteiger partial charge >= 0.3 is 0 Å². The molecule has 4 aromatic heterocycles. The van der Waals surface area contributed by atoms with Crippen molar-refractivity contribution in [1.82, 2.24) is 8.97 Å². The highest BCUT2D eigenvalue weighted by molar-refractivity contribution is 6.33. The number of aromatic nitrogens is 2. The van der Waals surface area contributed by atoms with Crippen LogP contribution in [0.15, 0.2) is 174 Å². The van der Waals surface area contributed by atoms with Crippen molar-refractivity contribution >= 4 is 81.8 Å². The summed E-state index contributed by atoms with van der Waals surface area (Å²) in [6.07, 6.45) is 0. The SMILES string of the molecule is c1ccc(-n2c3cccc4c5cc(-c6cccc(-c7cccc8oc9ccccc9c78)c6)ccc5n5c6ccccc6c6ccc2c(c43)c65)cc1. The number of benzene rings is 8. The molecular formula is C48H28N2O. The normalized spacial score (nSPS) is 12.3. The fourth-order valence-electron chi connectivity index (χ4n) is 8.94. The molecule has 236 valence electrons. The van der Waals surface area contributed by atoms with E-state index in [0.717, 1.165) is 21.9 Å². The predicted octanol–water partition coefficient (Wildman–Crippen LogP) is 13.2. The van der Waals surface area contributed by atoms with Gasteiger partial charge in [-0.05, 0) is 88.3 Å². The molecule has 0 aliphatic rings. The average molecular weight is 649 g/mol. The number of rotatable bonds is 3. The molecule has 0 unspecified atom stereocenters. The summed E-state index contributed by atoms with van der Waals surface area (Å²) in [4.78, 5) is 0.